The second kappa shape index (κ2) is 7.62. The van der Waals surface area contributed by atoms with Crippen LogP contribution in [0, 0.1) is 5.92 Å². The fourth-order valence-corrected chi connectivity index (χ4v) is 4.13. The number of nitrogens with zero attached hydrogens (tertiary/aromatic N) is 2. The van der Waals surface area contributed by atoms with Crippen molar-refractivity contribution in [2.24, 2.45) is 11.7 Å². The number of amides is 2. The first kappa shape index (κ1) is 16.7. The van der Waals surface area contributed by atoms with Gasteiger partial charge in [0.1, 0.15) is 6.04 Å². The Labute approximate surface area is 138 Å². The van der Waals surface area contributed by atoms with E-state index in [2.05, 4.69) is 0 Å². The van der Waals surface area contributed by atoms with Gasteiger partial charge in [-0.25, -0.2) is 0 Å². The molecule has 0 bridgehead atoms. The quantitative estimate of drug-likeness (QED) is 0.813. The fourth-order valence-electron chi connectivity index (χ4n) is 4.13. The predicted octanol–water partition coefficient (Wildman–Crippen LogP) is 0.744. The minimum atomic E-state index is -0.271. The van der Waals surface area contributed by atoms with Crippen molar-refractivity contribution in [2.45, 2.75) is 57.0 Å². The molecule has 2 amide bonds. The van der Waals surface area contributed by atoms with Gasteiger partial charge in [-0.1, -0.05) is 6.42 Å². The van der Waals surface area contributed by atoms with Crippen molar-refractivity contribution in [1.29, 1.82) is 0 Å². The van der Waals surface area contributed by atoms with Crippen molar-refractivity contribution in [2.75, 3.05) is 32.8 Å². The summed E-state index contributed by atoms with van der Waals surface area (Å²) in [5, 5.41) is 0. The Morgan fingerprint density at radius 3 is 2.43 bits per heavy atom. The number of rotatable bonds is 2. The van der Waals surface area contributed by atoms with Crippen LogP contribution in [0.3, 0.4) is 0 Å². The summed E-state index contributed by atoms with van der Waals surface area (Å²) < 4.78 is 5.33. The lowest BCUT2D eigenvalue weighted by atomic mass is 9.84. The maximum absolute atomic E-state index is 13.0. The average molecular weight is 323 g/mol. The minimum Gasteiger partial charge on any atom is -0.378 e. The number of likely N-dealkylation sites (tertiary alicyclic amines) is 1. The molecule has 0 aromatic heterocycles. The van der Waals surface area contributed by atoms with Crippen LogP contribution in [0.25, 0.3) is 0 Å². The Balaban J connectivity index is 1.67. The number of hydrogen-bond acceptors (Lipinski definition) is 4. The van der Waals surface area contributed by atoms with Gasteiger partial charge >= 0.3 is 0 Å². The highest BCUT2D eigenvalue weighted by molar-refractivity contribution is 5.89. The summed E-state index contributed by atoms with van der Waals surface area (Å²) in [4.78, 5) is 29.6. The highest BCUT2D eigenvalue weighted by atomic mass is 16.5. The molecule has 23 heavy (non-hydrogen) atoms. The van der Waals surface area contributed by atoms with E-state index in [1.807, 2.05) is 9.80 Å². The number of morpholine rings is 1. The topological polar surface area (TPSA) is 75.9 Å². The molecule has 2 N–H and O–H groups in total. The molecule has 3 fully saturated rings. The molecule has 3 rings (SSSR count). The fraction of sp³-hybridized carbons (Fsp3) is 0.882. The van der Waals surface area contributed by atoms with Crippen LogP contribution in [-0.4, -0.2) is 66.5 Å². The summed E-state index contributed by atoms with van der Waals surface area (Å²) >= 11 is 0. The molecule has 3 aliphatic rings. The van der Waals surface area contributed by atoms with Crippen LogP contribution in [0.2, 0.25) is 0 Å². The molecule has 0 spiro atoms. The van der Waals surface area contributed by atoms with E-state index in [1.165, 1.54) is 0 Å². The van der Waals surface area contributed by atoms with Crippen LogP contribution >= 0.6 is 0 Å². The molecule has 130 valence electrons. The van der Waals surface area contributed by atoms with Crippen LogP contribution in [0.5, 0.6) is 0 Å². The maximum Gasteiger partial charge on any atom is 0.245 e. The molecule has 6 nitrogen and oxygen atoms in total. The molecule has 3 atom stereocenters. The van der Waals surface area contributed by atoms with Crippen molar-refractivity contribution in [3.8, 4) is 0 Å². The molecule has 0 aromatic carbocycles. The van der Waals surface area contributed by atoms with E-state index in [9.17, 15) is 9.59 Å². The summed E-state index contributed by atoms with van der Waals surface area (Å²) in [5.41, 5.74) is 6.04. The highest BCUT2D eigenvalue weighted by Gasteiger charge is 2.38. The van der Waals surface area contributed by atoms with Crippen molar-refractivity contribution in [3.05, 3.63) is 0 Å². The van der Waals surface area contributed by atoms with Gasteiger partial charge in [-0.15, -0.1) is 0 Å². The van der Waals surface area contributed by atoms with Crippen molar-refractivity contribution in [3.63, 3.8) is 0 Å². The molecule has 1 aliphatic carbocycles. The Bertz CT molecular complexity index is 437. The van der Waals surface area contributed by atoms with Crippen LogP contribution in [0.1, 0.15) is 44.9 Å². The van der Waals surface area contributed by atoms with E-state index in [-0.39, 0.29) is 29.8 Å². The largest absolute Gasteiger partial charge is 0.378 e. The van der Waals surface area contributed by atoms with E-state index < -0.39 is 0 Å². The summed E-state index contributed by atoms with van der Waals surface area (Å²) in [6, 6.07) is -0.136. The lowest BCUT2D eigenvalue weighted by molar-refractivity contribution is -0.152. The van der Waals surface area contributed by atoms with Gasteiger partial charge in [0.25, 0.3) is 0 Å². The van der Waals surface area contributed by atoms with Gasteiger partial charge in [-0.05, 0) is 38.5 Å². The van der Waals surface area contributed by atoms with Crippen molar-refractivity contribution >= 4 is 11.8 Å². The number of nitrogens with two attached hydrogens (primary N) is 1. The van der Waals surface area contributed by atoms with E-state index in [0.717, 1.165) is 44.9 Å². The first-order chi connectivity index (χ1) is 11.2. The van der Waals surface area contributed by atoms with Gasteiger partial charge in [-0.3, -0.25) is 9.59 Å². The third-order valence-corrected chi connectivity index (χ3v) is 5.46. The highest BCUT2D eigenvalue weighted by Crippen LogP contribution is 2.28. The lowest BCUT2D eigenvalue weighted by Crippen LogP contribution is -2.56. The Morgan fingerprint density at radius 1 is 0.913 bits per heavy atom. The Kier molecular flexibility index (Phi) is 5.54. The molecular formula is C17H29N3O3. The summed E-state index contributed by atoms with van der Waals surface area (Å²) in [6.45, 7) is 3.20. The zero-order valence-corrected chi connectivity index (χ0v) is 13.9. The summed E-state index contributed by atoms with van der Waals surface area (Å²) in [5.74, 6) is 0.282. The predicted molar refractivity (Wildman–Crippen MR) is 86.7 cm³/mol. The maximum atomic E-state index is 13.0. The normalized spacial score (nSPS) is 32.7. The van der Waals surface area contributed by atoms with Crippen molar-refractivity contribution < 1.29 is 14.3 Å². The SMILES string of the molecule is NC1CCCC(C(=O)N2CCCCC2C(=O)N2CCOCC2)C1. The average Bonchev–Trinajstić information content (AvgIpc) is 2.61. The molecule has 6 heteroatoms. The number of carbonyl (C=O) groups is 2. The van der Waals surface area contributed by atoms with Gasteiger partial charge < -0.3 is 20.3 Å². The zero-order valence-electron chi connectivity index (χ0n) is 13.9. The first-order valence-electron chi connectivity index (χ1n) is 9.09. The van der Waals surface area contributed by atoms with Gasteiger partial charge in [-0.2, -0.15) is 0 Å². The molecule has 1 saturated carbocycles. The van der Waals surface area contributed by atoms with Crippen LogP contribution < -0.4 is 5.73 Å². The number of piperidine rings is 1. The smallest absolute Gasteiger partial charge is 0.245 e. The van der Waals surface area contributed by atoms with Gasteiger partial charge in [0.15, 0.2) is 0 Å². The number of ether oxygens (including phenoxy) is 1. The Morgan fingerprint density at radius 2 is 1.70 bits per heavy atom. The Hall–Kier alpha value is -1.14. The second-order valence-corrected chi connectivity index (χ2v) is 7.10. The van der Waals surface area contributed by atoms with Gasteiger partial charge in [0.2, 0.25) is 11.8 Å². The molecule has 0 aromatic rings. The van der Waals surface area contributed by atoms with Crippen LogP contribution in [-0.2, 0) is 14.3 Å². The third kappa shape index (κ3) is 3.86. The summed E-state index contributed by atoms with van der Waals surface area (Å²) in [7, 11) is 0. The monoisotopic (exact) mass is 323 g/mol. The summed E-state index contributed by atoms with van der Waals surface area (Å²) in [6.07, 6.45) is 6.54. The molecule has 2 aliphatic heterocycles. The standard InChI is InChI=1S/C17H29N3O3/c18-14-5-3-4-13(12-14)16(21)20-7-2-1-6-15(20)17(22)19-8-10-23-11-9-19/h13-15H,1-12,18H2. The number of hydrogen-bond donors (Lipinski definition) is 1. The third-order valence-electron chi connectivity index (χ3n) is 5.46. The minimum absolute atomic E-state index is 0.0110. The zero-order chi connectivity index (χ0) is 16.2. The molecule has 2 saturated heterocycles. The van der Waals surface area contributed by atoms with E-state index in [0.29, 0.717) is 32.8 Å². The molecular weight excluding hydrogens is 294 g/mol. The van der Waals surface area contributed by atoms with Gasteiger partial charge in [0.05, 0.1) is 13.2 Å². The molecule has 2 heterocycles. The lowest BCUT2D eigenvalue weighted by Gasteiger charge is -2.41. The number of carbonyl (C=O) groups excluding carboxylic acids is 2. The first-order valence-corrected chi connectivity index (χ1v) is 9.09. The molecule has 3 unspecified atom stereocenters. The van der Waals surface area contributed by atoms with E-state index in [4.69, 9.17) is 10.5 Å². The van der Waals surface area contributed by atoms with E-state index in [1.54, 1.807) is 0 Å². The van der Waals surface area contributed by atoms with Crippen LogP contribution in [0.4, 0.5) is 0 Å². The van der Waals surface area contributed by atoms with Crippen LogP contribution in [0.15, 0.2) is 0 Å². The van der Waals surface area contributed by atoms with Crippen molar-refractivity contribution in [1.82, 2.24) is 9.80 Å². The van der Waals surface area contributed by atoms with Gasteiger partial charge in [0, 0.05) is 31.6 Å². The van der Waals surface area contributed by atoms with E-state index >= 15 is 0 Å². The molecule has 0 radical (unpaired) electrons. The second-order valence-electron chi connectivity index (χ2n) is 7.10.